The van der Waals surface area contributed by atoms with Crippen molar-refractivity contribution >= 4 is 5.69 Å². The first-order chi connectivity index (χ1) is 9.32. The van der Waals surface area contributed by atoms with E-state index >= 15 is 0 Å². The third kappa shape index (κ3) is 2.63. The lowest BCUT2D eigenvalue weighted by molar-refractivity contribution is -0.384. The van der Waals surface area contributed by atoms with E-state index in [0.717, 1.165) is 6.20 Å². The van der Waals surface area contributed by atoms with E-state index in [1.807, 2.05) is 0 Å². The van der Waals surface area contributed by atoms with Crippen molar-refractivity contribution in [3.8, 4) is 11.4 Å². The number of nitro groups is 1. The summed E-state index contributed by atoms with van der Waals surface area (Å²) in [6, 6.07) is 5.23. The summed E-state index contributed by atoms with van der Waals surface area (Å²) in [6.45, 7) is 2.01. The molecular weight excluding hydrogens is 275 g/mol. The summed E-state index contributed by atoms with van der Waals surface area (Å²) >= 11 is 0. The highest BCUT2D eigenvalue weighted by Gasteiger charge is 2.34. The van der Waals surface area contributed by atoms with Crippen molar-refractivity contribution in [1.82, 2.24) is 9.55 Å². The van der Waals surface area contributed by atoms with Crippen molar-refractivity contribution in [1.29, 1.82) is 0 Å². The molecule has 0 saturated carbocycles. The highest BCUT2D eigenvalue weighted by atomic mass is 19.4. The van der Waals surface area contributed by atoms with E-state index in [1.165, 1.54) is 28.8 Å². The molecule has 0 saturated heterocycles. The number of halogens is 3. The molecule has 0 atom stereocenters. The normalized spacial score (nSPS) is 11.6. The monoisotopic (exact) mass is 285 g/mol. The van der Waals surface area contributed by atoms with Crippen LogP contribution in [0.25, 0.3) is 11.4 Å². The largest absolute Gasteiger partial charge is 0.434 e. The van der Waals surface area contributed by atoms with Crippen LogP contribution >= 0.6 is 0 Å². The van der Waals surface area contributed by atoms with Gasteiger partial charge >= 0.3 is 6.18 Å². The summed E-state index contributed by atoms with van der Waals surface area (Å²) in [5.74, 6) is 0.134. The second kappa shape index (κ2) is 4.95. The van der Waals surface area contributed by atoms with Gasteiger partial charge in [0.05, 0.1) is 4.92 Å². The second-order valence-corrected chi connectivity index (χ2v) is 4.04. The minimum absolute atomic E-state index is 0.126. The first kappa shape index (κ1) is 14.0. The molecule has 0 bridgehead atoms. The smallest absolute Gasteiger partial charge is 0.331 e. The van der Waals surface area contributed by atoms with Crippen LogP contribution in [0.15, 0.2) is 30.5 Å². The number of rotatable bonds is 3. The molecule has 0 fully saturated rings. The zero-order valence-electron chi connectivity index (χ0n) is 10.4. The molecule has 2 aromatic rings. The Balaban J connectivity index is 2.46. The number of imidazole rings is 1. The zero-order valence-corrected chi connectivity index (χ0v) is 10.4. The maximum atomic E-state index is 12.6. The van der Waals surface area contributed by atoms with Crippen molar-refractivity contribution in [2.75, 3.05) is 0 Å². The quantitative estimate of drug-likeness (QED) is 0.640. The number of nitrogens with zero attached hydrogens (tertiary/aromatic N) is 3. The molecule has 1 aromatic heterocycles. The molecular formula is C12H10F3N3O2. The van der Waals surface area contributed by atoms with Gasteiger partial charge in [0, 0.05) is 30.4 Å². The molecule has 8 heteroatoms. The predicted octanol–water partition coefficient (Wildman–Crippen LogP) is 3.50. The summed E-state index contributed by atoms with van der Waals surface area (Å²) in [5.41, 5.74) is -0.708. The summed E-state index contributed by atoms with van der Waals surface area (Å²) in [4.78, 5) is 13.5. The van der Waals surface area contributed by atoms with Crippen LogP contribution in [0.2, 0.25) is 0 Å². The van der Waals surface area contributed by atoms with E-state index in [0.29, 0.717) is 12.1 Å². The molecule has 0 aliphatic heterocycles. The number of non-ortho nitro benzene ring substituents is 1. The predicted molar refractivity (Wildman–Crippen MR) is 65.0 cm³/mol. The Morgan fingerprint density at radius 3 is 2.35 bits per heavy atom. The third-order valence-electron chi connectivity index (χ3n) is 2.74. The van der Waals surface area contributed by atoms with Crippen LogP contribution in [0.4, 0.5) is 18.9 Å². The van der Waals surface area contributed by atoms with E-state index in [1.54, 1.807) is 6.92 Å². The number of hydrogen-bond donors (Lipinski definition) is 0. The average molecular weight is 285 g/mol. The summed E-state index contributed by atoms with van der Waals surface area (Å²) in [5, 5.41) is 10.5. The number of alkyl halides is 3. The summed E-state index contributed by atoms with van der Waals surface area (Å²) < 4.78 is 39.3. The van der Waals surface area contributed by atoms with Gasteiger partial charge in [0.1, 0.15) is 5.82 Å². The van der Waals surface area contributed by atoms with Gasteiger partial charge in [0.15, 0.2) is 5.69 Å². The number of hydrogen-bond acceptors (Lipinski definition) is 3. The van der Waals surface area contributed by atoms with Gasteiger partial charge in [0.2, 0.25) is 0 Å². The molecule has 0 N–H and O–H groups in total. The van der Waals surface area contributed by atoms with Gasteiger partial charge < -0.3 is 4.57 Å². The van der Waals surface area contributed by atoms with Crippen LogP contribution in [0, 0.1) is 10.1 Å². The van der Waals surface area contributed by atoms with E-state index in [-0.39, 0.29) is 11.5 Å². The van der Waals surface area contributed by atoms with Crippen LogP contribution in [-0.4, -0.2) is 14.5 Å². The molecule has 0 radical (unpaired) electrons. The fourth-order valence-electron chi connectivity index (χ4n) is 1.76. The van der Waals surface area contributed by atoms with E-state index in [4.69, 9.17) is 0 Å². The molecule has 1 heterocycles. The van der Waals surface area contributed by atoms with Gasteiger partial charge in [-0.05, 0) is 19.1 Å². The van der Waals surface area contributed by atoms with Crippen LogP contribution in [0.5, 0.6) is 0 Å². The van der Waals surface area contributed by atoms with Crippen LogP contribution in [-0.2, 0) is 12.7 Å². The Bertz CT molecular complexity index is 632. The van der Waals surface area contributed by atoms with E-state index in [9.17, 15) is 23.3 Å². The van der Waals surface area contributed by atoms with Crippen LogP contribution in [0.3, 0.4) is 0 Å². The van der Waals surface area contributed by atoms with Gasteiger partial charge in [-0.3, -0.25) is 10.1 Å². The lowest BCUT2D eigenvalue weighted by Crippen LogP contribution is -2.05. The Morgan fingerprint density at radius 1 is 1.30 bits per heavy atom. The molecule has 0 aliphatic rings. The molecule has 106 valence electrons. The lowest BCUT2D eigenvalue weighted by atomic mass is 10.2. The maximum Gasteiger partial charge on any atom is 0.434 e. The van der Waals surface area contributed by atoms with Crippen molar-refractivity contribution in [2.24, 2.45) is 0 Å². The number of aromatic nitrogens is 2. The first-order valence-corrected chi connectivity index (χ1v) is 5.72. The fourth-order valence-corrected chi connectivity index (χ4v) is 1.76. The number of benzene rings is 1. The molecule has 0 spiro atoms. The van der Waals surface area contributed by atoms with Crippen molar-refractivity contribution in [2.45, 2.75) is 19.6 Å². The maximum absolute atomic E-state index is 12.6. The molecule has 20 heavy (non-hydrogen) atoms. The molecule has 0 aliphatic carbocycles. The minimum atomic E-state index is -4.52. The van der Waals surface area contributed by atoms with Gasteiger partial charge in [-0.15, -0.1) is 0 Å². The lowest BCUT2D eigenvalue weighted by Gasteiger charge is -2.03. The SMILES string of the molecule is CCn1cc(C(F)(F)F)nc1-c1ccc([N+](=O)[O-])cc1. The Labute approximate surface area is 111 Å². The van der Waals surface area contributed by atoms with Gasteiger partial charge in [-0.1, -0.05) is 0 Å². The Morgan fingerprint density at radius 2 is 1.90 bits per heavy atom. The van der Waals surface area contributed by atoms with Gasteiger partial charge in [0.25, 0.3) is 5.69 Å². The van der Waals surface area contributed by atoms with Gasteiger partial charge in [-0.25, -0.2) is 4.98 Å². The minimum Gasteiger partial charge on any atom is -0.331 e. The third-order valence-corrected chi connectivity index (χ3v) is 2.74. The number of nitro benzene ring substituents is 1. The molecule has 1 aromatic carbocycles. The number of aryl methyl sites for hydroxylation is 1. The Kier molecular flexibility index (Phi) is 3.47. The molecule has 0 amide bonds. The topological polar surface area (TPSA) is 61.0 Å². The standard InChI is InChI=1S/C12H10F3N3O2/c1-2-17-7-10(12(13,14)15)16-11(17)8-3-5-9(6-4-8)18(19)20/h3-7H,2H2,1H3. The van der Waals surface area contributed by atoms with Crippen molar-refractivity contribution < 1.29 is 18.1 Å². The molecule has 0 unspecified atom stereocenters. The fraction of sp³-hybridized carbons (Fsp3) is 0.250. The molecule has 2 rings (SSSR count). The zero-order chi connectivity index (χ0) is 14.9. The van der Waals surface area contributed by atoms with Crippen molar-refractivity contribution in [3.63, 3.8) is 0 Å². The second-order valence-electron chi connectivity index (χ2n) is 4.04. The highest BCUT2D eigenvalue weighted by molar-refractivity contribution is 5.58. The van der Waals surface area contributed by atoms with Crippen LogP contribution < -0.4 is 0 Å². The first-order valence-electron chi connectivity index (χ1n) is 5.72. The van der Waals surface area contributed by atoms with E-state index in [2.05, 4.69) is 4.98 Å². The van der Waals surface area contributed by atoms with Crippen molar-refractivity contribution in [3.05, 3.63) is 46.3 Å². The Hall–Kier alpha value is -2.38. The van der Waals surface area contributed by atoms with Gasteiger partial charge in [-0.2, -0.15) is 13.2 Å². The summed E-state index contributed by atoms with van der Waals surface area (Å²) in [7, 11) is 0. The van der Waals surface area contributed by atoms with E-state index < -0.39 is 16.8 Å². The highest BCUT2D eigenvalue weighted by Crippen LogP contribution is 2.31. The summed E-state index contributed by atoms with van der Waals surface area (Å²) in [6.07, 6.45) is -3.59. The van der Waals surface area contributed by atoms with Crippen LogP contribution in [0.1, 0.15) is 12.6 Å². The average Bonchev–Trinajstić information content (AvgIpc) is 2.82. The molecule has 5 nitrogen and oxygen atoms in total.